The van der Waals surface area contributed by atoms with Gasteiger partial charge in [0.15, 0.2) is 12.0 Å². The highest BCUT2D eigenvalue weighted by molar-refractivity contribution is 7.81. The summed E-state index contributed by atoms with van der Waals surface area (Å²) in [6.45, 7) is 3.37. The highest BCUT2D eigenvalue weighted by atomic mass is 32.1. The highest BCUT2D eigenvalue weighted by Crippen LogP contribution is 2.35. The Bertz CT molecular complexity index is 1220. The molecular formula is C24H27N5O2S. The van der Waals surface area contributed by atoms with Crippen LogP contribution in [0.25, 0.3) is 22.1 Å². The van der Waals surface area contributed by atoms with Crippen molar-refractivity contribution in [2.75, 3.05) is 6.54 Å². The molecule has 166 valence electrons. The summed E-state index contributed by atoms with van der Waals surface area (Å²) < 4.78 is 5.42. The van der Waals surface area contributed by atoms with Crippen LogP contribution in [0, 0.1) is 0 Å². The third-order valence-corrected chi connectivity index (χ3v) is 6.94. The van der Waals surface area contributed by atoms with Gasteiger partial charge in [-0.2, -0.15) is 12.6 Å². The van der Waals surface area contributed by atoms with E-state index >= 15 is 0 Å². The van der Waals surface area contributed by atoms with Crippen LogP contribution in [0.3, 0.4) is 0 Å². The zero-order valence-electron chi connectivity index (χ0n) is 18.0. The van der Waals surface area contributed by atoms with Gasteiger partial charge < -0.3 is 14.3 Å². The Hall–Kier alpha value is -2.84. The van der Waals surface area contributed by atoms with Gasteiger partial charge in [-0.1, -0.05) is 6.07 Å². The average Bonchev–Trinajstić information content (AvgIpc) is 3.45. The van der Waals surface area contributed by atoms with E-state index in [0.717, 1.165) is 53.4 Å². The van der Waals surface area contributed by atoms with E-state index in [0.29, 0.717) is 18.8 Å². The van der Waals surface area contributed by atoms with E-state index in [1.165, 1.54) is 6.39 Å². The van der Waals surface area contributed by atoms with Crippen LogP contribution in [0.15, 0.2) is 53.4 Å². The molecule has 1 aliphatic carbocycles. The van der Waals surface area contributed by atoms with E-state index in [9.17, 15) is 4.79 Å². The lowest BCUT2D eigenvalue weighted by atomic mass is 9.88. The minimum absolute atomic E-state index is 0.0175. The van der Waals surface area contributed by atoms with E-state index < -0.39 is 0 Å². The van der Waals surface area contributed by atoms with Crippen molar-refractivity contribution in [3.05, 3.63) is 60.2 Å². The number of oxazole rings is 1. The number of thiol groups is 1. The highest BCUT2D eigenvalue weighted by Gasteiger charge is 2.37. The summed E-state index contributed by atoms with van der Waals surface area (Å²) in [5.41, 5.74) is 5.04. The maximum absolute atomic E-state index is 13.3. The topological polar surface area (TPSA) is 87.0 Å². The zero-order valence-corrected chi connectivity index (χ0v) is 18.9. The molecule has 0 saturated heterocycles. The second-order valence-electron chi connectivity index (χ2n) is 8.50. The number of pyridine rings is 1. The Kier molecular flexibility index (Phi) is 5.65. The summed E-state index contributed by atoms with van der Waals surface area (Å²) in [4.78, 5) is 26.7. The first-order valence-corrected chi connectivity index (χ1v) is 11.5. The fraction of sp³-hybridized carbons (Fsp3) is 0.375. The van der Waals surface area contributed by atoms with Crippen molar-refractivity contribution < 1.29 is 9.21 Å². The number of rotatable bonds is 6. The van der Waals surface area contributed by atoms with Crippen LogP contribution in [0.4, 0.5) is 0 Å². The molecule has 7 nitrogen and oxygen atoms in total. The van der Waals surface area contributed by atoms with Crippen LogP contribution >= 0.6 is 12.6 Å². The number of benzene rings is 1. The lowest BCUT2D eigenvalue weighted by Gasteiger charge is -2.42. The van der Waals surface area contributed by atoms with Crippen molar-refractivity contribution in [3.63, 3.8) is 0 Å². The van der Waals surface area contributed by atoms with Crippen LogP contribution < -0.4 is 5.32 Å². The molecule has 1 aromatic carbocycles. The Balaban J connectivity index is 1.29. The lowest BCUT2D eigenvalue weighted by Crippen LogP contribution is -2.51. The molecule has 3 heterocycles. The van der Waals surface area contributed by atoms with Gasteiger partial charge in [-0.25, -0.2) is 4.98 Å². The van der Waals surface area contributed by atoms with Gasteiger partial charge in [0.05, 0.1) is 15.9 Å². The molecule has 3 aromatic heterocycles. The van der Waals surface area contributed by atoms with Crippen molar-refractivity contribution >= 4 is 40.7 Å². The van der Waals surface area contributed by atoms with Crippen LogP contribution in [0.5, 0.6) is 0 Å². The van der Waals surface area contributed by atoms with Gasteiger partial charge in [0.1, 0.15) is 11.2 Å². The van der Waals surface area contributed by atoms with Crippen molar-refractivity contribution in [2.45, 2.75) is 50.1 Å². The van der Waals surface area contributed by atoms with Crippen molar-refractivity contribution in [1.29, 1.82) is 0 Å². The molecule has 2 N–H and O–H groups in total. The molecule has 0 spiro atoms. The first-order chi connectivity index (χ1) is 15.5. The maximum atomic E-state index is 13.3. The third-order valence-electron chi connectivity index (χ3n) is 6.38. The molecule has 1 amide bonds. The molecule has 32 heavy (non-hydrogen) atoms. The monoisotopic (exact) mass is 449 g/mol. The molecule has 0 aliphatic heterocycles. The SMILES string of the molecule is CCN(C(=O)c1cc2ncccc2[nH]1)[C@H]1CCCC(S)(NCc2ccc3ncoc3c2)C1. The van der Waals surface area contributed by atoms with Crippen molar-refractivity contribution in [2.24, 2.45) is 0 Å². The van der Waals surface area contributed by atoms with Crippen LogP contribution in [-0.4, -0.2) is 43.2 Å². The number of amides is 1. The number of aromatic amines is 1. The predicted molar refractivity (Wildman–Crippen MR) is 128 cm³/mol. The number of carbonyl (C=O) groups excluding carboxylic acids is 1. The zero-order chi connectivity index (χ0) is 22.1. The molecular weight excluding hydrogens is 422 g/mol. The second-order valence-corrected chi connectivity index (χ2v) is 9.36. The summed E-state index contributed by atoms with van der Waals surface area (Å²) in [6, 6.07) is 11.8. The smallest absolute Gasteiger partial charge is 0.270 e. The van der Waals surface area contributed by atoms with Gasteiger partial charge >= 0.3 is 0 Å². The van der Waals surface area contributed by atoms with Crippen LogP contribution in [0.2, 0.25) is 0 Å². The fourth-order valence-electron chi connectivity index (χ4n) is 4.72. The number of hydrogen-bond acceptors (Lipinski definition) is 6. The Morgan fingerprint density at radius 2 is 2.22 bits per heavy atom. The van der Waals surface area contributed by atoms with Gasteiger partial charge in [-0.15, -0.1) is 0 Å². The Labute approximate surface area is 192 Å². The maximum Gasteiger partial charge on any atom is 0.270 e. The minimum atomic E-state index is -0.338. The van der Waals surface area contributed by atoms with Gasteiger partial charge in [-0.3, -0.25) is 15.1 Å². The number of fused-ring (bicyclic) bond motifs is 2. The third kappa shape index (κ3) is 4.12. The lowest BCUT2D eigenvalue weighted by molar-refractivity contribution is 0.0612. The molecule has 0 bridgehead atoms. The number of aromatic nitrogens is 3. The van der Waals surface area contributed by atoms with Crippen molar-refractivity contribution in [3.8, 4) is 0 Å². The standard InChI is InChI=1S/C24H27N5O2S/c1-2-29(23(30)21-12-20-18(28-21)6-4-10-25-20)17-5-3-9-24(32,13-17)27-14-16-7-8-19-22(11-16)31-15-26-19/h4,6-8,10-12,15,17,27-28,32H,2-3,5,9,13-14H2,1H3/t17-,24?/m0/s1. The Morgan fingerprint density at radius 1 is 1.31 bits per heavy atom. The summed E-state index contributed by atoms with van der Waals surface area (Å²) >= 11 is 5.03. The molecule has 8 heteroatoms. The van der Waals surface area contributed by atoms with Gasteiger partial charge in [-0.05, 0) is 68.5 Å². The largest absolute Gasteiger partial charge is 0.443 e. The second kappa shape index (κ2) is 8.60. The summed E-state index contributed by atoms with van der Waals surface area (Å²) in [7, 11) is 0. The first kappa shape index (κ1) is 21.0. The van der Waals surface area contributed by atoms with E-state index in [-0.39, 0.29) is 16.8 Å². The summed E-state index contributed by atoms with van der Waals surface area (Å²) in [6.07, 6.45) is 6.95. The molecule has 5 rings (SSSR count). The molecule has 1 aliphatic rings. The first-order valence-electron chi connectivity index (χ1n) is 11.1. The molecule has 4 aromatic rings. The predicted octanol–water partition coefficient (Wildman–Crippen LogP) is 4.52. The number of nitrogens with one attached hydrogen (secondary N) is 2. The number of hydrogen-bond donors (Lipinski definition) is 3. The minimum Gasteiger partial charge on any atom is -0.443 e. The average molecular weight is 450 g/mol. The summed E-state index contributed by atoms with van der Waals surface area (Å²) in [5, 5.41) is 3.63. The molecule has 1 saturated carbocycles. The van der Waals surface area contributed by atoms with Crippen LogP contribution in [0.1, 0.15) is 48.7 Å². The molecule has 1 fully saturated rings. The van der Waals surface area contributed by atoms with E-state index in [1.54, 1.807) is 6.20 Å². The van der Waals surface area contributed by atoms with Gasteiger partial charge in [0.25, 0.3) is 5.91 Å². The quantitative estimate of drug-likeness (QED) is 0.297. The number of nitrogens with zero attached hydrogens (tertiary/aromatic N) is 3. The van der Waals surface area contributed by atoms with E-state index in [2.05, 4.69) is 26.3 Å². The Morgan fingerprint density at radius 3 is 3.06 bits per heavy atom. The van der Waals surface area contributed by atoms with E-state index in [1.807, 2.05) is 42.2 Å². The van der Waals surface area contributed by atoms with E-state index in [4.69, 9.17) is 17.0 Å². The van der Waals surface area contributed by atoms with Crippen LogP contribution in [-0.2, 0) is 6.54 Å². The summed E-state index contributed by atoms with van der Waals surface area (Å²) in [5.74, 6) is 0.0175. The van der Waals surface area contributed by atoms with Gasteiger partial charge in [0, 0.05) is 25.3 Å². The van der Waals surface area contributed by atoms with Gasteiger partial charge in [0.2, 0.25) is 0 Å². The normalized spacial score (nSPS) is 21.2. The fourth-order valence-corrected chi connectivity index (χ4v) is 5.17. The molecule has 2 atom stereocenters. The molecule has 1 unspecified atom stereocenters. The number of carbonyl (C=O) groups is 1. The van der Waals surface area contributed by atoms with Crippen molar-refractivity contribution in [1.82, 2.24) is 25.2 Å². The number of H-pyrrole nitrogens is 1. The molecule has 0 radical (unpaired) electrons.